The second kappa shape index (κ2) is 5.25. The molecule has 0 spiro atoms. The highest BCUT2D eigenvalue weighted by molar-refractivity contribution is 5.75. The Balaban J connectivity index is 1.65. The van der Waals surface area contributed by atoms with Crippen molar-refractivity contribution in [3.05, 3.63) is 24.0 Å². The van der Waals surface area contributed by atoms with Crippen LogP contribution >= 0.6 is 0 Å². The van der Waals surface area contributed by atoms with E-state index in [1.165, 1.54) is 0 Å². The predicted molar refractivity (Wildman–Crippen MR) is 71.8 cm³/mol. The third-order valence-electron chi connectivity index (χ3n) is 4.18. The molecule has 19 heavy (non-hydrogen) atoms. The zero-order valence-electron chi connectivity index (χ0n) is 11.3. The molecule has 5 nitrogen and oxygen atoms in total. The van der Waals surface area contributed by atoms with E-state index >= 15 is 0 Å². The number of aromatic nitrogens is 1. The van der Waals surface area contributed by atoms with Gasteiger partial charge in [0.15, 0.2) is 0 Å². The van der Waals surface area contributed by atoms with E-state index in [0.717, 1.165) is 38.1 Å². The van der Waals surface area contributed by atoms with Crippen LogP contribution in [0.15, 0.2) is 18.3 Å². The van der Waals surface area contributed by atoms with Crippen molar-refractivity contribution in [2.75, 3.05) is 13.2 Å². The molecule has 3 rings (SSSR count). The first-order valence-electron chi connectivity index (χ1n) is 7.08. The molecule has 0 saturated carbocycles. The predicted octanol–water partition coefficient (Wildman–Crippen LogP) is 2.04. The Morgan fingerprint density at radius 3 is 3.11 bits per heavy atom. The molecule has 0 aliphatic carbocycles. The number of hydrogen-bond donors (Lipinski definition) is 2. The van der Waals surface area contributed by atoms with Gasteiger partial charge in [0, 0.05) is 25.0 Å². The van der Waals surface area contributed by atoms with Gasteiger partial charge in [-0.2, -0.15) is 0 Å². The average Bonchev–Trinajstić information content (AvgIpc) is 3.09. The Bertz CT molecular complexity index is 432. The number of carbonyl (C=O) groups is 1. The molecule has 0 bridgehead atoms. The number of hydrogen-bond acceptors (Lipinski definition) is 2. The lowest BCUT2D eigenvalue weighted by Crippen LogP contribution is -2.46. The van der Waals surface area contributed by atoms with Gasteiger partial charge in [0.05, 0.1) is 18.2 Å². The van der Waals surface area contributed by atoms with Crippen molar-refractivity contribution in [2.24, 2.45) is 0 Å². The van der Waals surface area contributed by atoms with Gasteiger partial charge in [-0.15, -0.1) is 0 Å². The second-order valence-electron chi connectivity index (χ2n) is 5.40. The SMILES string of the molecule is C[C@@H]1OCC[C@H]1NC(=O)N1CCC[C@@H]1c1ccc[nH]1. The van der Waals surface area contributed by atoms with E-state index in [-0.39, 0.29) is 24.2 Å². The molecule has 2 amide bonds. The second-order valence-corrected chi connectivity index (χ2v) is 5.40. The Labute approximate surface area is 113 Å². The normalized spacial score (nSPS) is 30.8. The largest absolute Gasteiger partial charge is 0.376 e. The van der Waals surface area contributed by atoms with Crippen LogP contribution in [0.5, 0.6) is 0 Å². The fourth-order valence-corrected chi connectivity index (χ4v) is 3.05. The average molecular weight is 263 g/mol. The van der Waals surface area contributed by atoms with Crippen LogP contribution in [0, 0.1) is 0 Å². The van der Waals surface area contributed by atoms with Gasteiger partial charge in [0.25, 0.3) is 0 Å². The van der Waals surface area contributed by atoms with E-state index < -0.39 is 0 Å². The van der Waals surface area contributed by atoms with Gasteiger partial charge in [-0.1, -0.05) is 0 Å². The van der Waals surface area contributed by atoms with Crippen molar-refractivity contribution in [1.82, 2.24) is 15.2 Å². The van der Waals surface area contributed by atoms with Gasteiger partial charge in [-0.25, -0.2) is 4.79 Å². The number of urea groups is 1. The third kappa shape index (κ3) is 2.47. The summed E-state index contributed by atoms with van der Waals surface area (Å²) < 4.78 is 5.49. The van der Waals surface area contributed by atoms with Crippen LogP contribution in [0.4, 0.5) is 4.79 Å². The number of amides is 2. The topological polar surface area (TPSA) is 57.4 Å². The fourth-order valence-electron chi connectivity index (χ4n) is 3.05. The van der Waals surface area contributed by atoms with Crippen molar-refractivity contribution in [1.29, 1.82) is 0 Å². The van der Waals surface area contributed by atoms with Crippen LogP contribution in [0.3, 0.4) is 0 Å². The maximum atomic E-state index is 12.4. The van der Waals surface area contributed by atoms with E-state index in [4.69, 9.17) is 4.74 Å². The molecule has 2 aliphatic heterocycles. The maximum Gasteiger partial charge on any atom is 0.318 e. The molecule has 3 atom stereocenters. The lowest BCUT2D eigenvalue weighted by atomic mass is 10.1. The zero-order chi connectivity index (χ0) is 13.2. The van der Waals surface area contributed by atoms with E-state index in [9.17, 15) is 4.79 Å². The Morgan fingerprint density at radius 1 is 1.53 bits per heavy atom. The number of nitrogens with one attached hydrogen (secondary N) is 2. The molecule has 104 valence electrons. The molecule has 2 saturated heterocycles. The van der Waals surface area contributed by atoms with Crippen LogP contribution < -0.4 is 5.32 Å². The number of rotatable bonds is 2. The van der Waals surface area contributed by atoms with Crippen LogP contribution in [0.1, 0.15) is 37.9 Å². The molecule has 0 aromatic carbocycles. The van der Waals surface area contributed by atoms with Crippen molar-refractivity contribution in [3.63, 3.8) is 0 Å². The summed E-state index contributed by atoms with van der Waals surface area (Å²) in [6.07, 6.45) is 5.04. The minimum Gasteiger partial charge on any atom is -0.376 e. The minimum atomic E-state index is 0.0412. The molecule has 1 aromatic rings. The fraction of sp³-hybridized carbons (Fsp3) is 0.643. The van der Waals surface area contributed by atoms with Gasteiger partial charge in [0.2, 0.25) is 0 Å². The first-order chi connectivity index (χ1) is 9.25. The number of ether oxygens (including phenoxy) is 1. The summed E-state index contributed by atoms with van der Waals surface area (Å²) in [6.45, 7) is 3.59. The minimum absolute atomic E-state index is 0.0412. The quantitative estimate of drug-likeness (QED) is 0.858. The summed E-state index contributed by atoms with van der Waals surface area (Å²) in [7, 11) is 0. The molecule has 3 heterocycles. The maximum absolute atomic E-state index is 12.4. The van der Waals surface area contributed by atoms with Crippen LogP contribution in [0.25, 0.3) is 0 Å². The number of H-pyrrole nitrogens is 1. The summed E-state index contributed by atoms with van der Waals surface area (Å²) in [5.74, 6) is 0. The van der Waals surface area contributed by atoms with Gasteiger partial charge < -0.3 is 19.9 Å². The number of nitrogens with zero attached hydrogens (tertiary/aromatic N) is 1. The van der Waals surface area contributed by atoms with Crippen molar-refractivity contribution < 1.29 is 9.53 Å². The molecule has 0 radical (unpaired) electrons. The number of likely N-dealkylation sites (tertiary alicyclic amines) is 1. The molecule has 2 aliphatic rings. The van der Waals surface area contributed by atoms with Crippen LogP contribution in [-0.2, 0) is 4.74 Å². The van der Waals surface area contributed by atoms with Crippen molar-refractivity contribution in [3.8, 4) is 0 Å². The highest BCUT2D eigenvalue weighted by Gasteiger charge is 2.33. The monoisotopic (exact) mass is 263 g/mol. The third-order valence-corrected chi connectivity index (χ3v) is 4.18. The van der Waals surface area contributed by atoms with Gasteiger partial charge in [-0.3, -0.25) is 0 Å². The molecule has 2 N–H and O–H groups in total. The Morgan fingerprint density at radius 2 is 2.42 bits per heavy atom. The smallest absolute Gasteiger partial charge is 0.318 e. The highest BCUT2D eigenvalue weighted by atomic mass is 16.5. The van der Waals surface area contributed by atoms with Gasteiger partial charge >= 0.3 is 6.03 Å². The highest BCUT2D eigenvalue weighted by Crippen LogP contribution is 2.31. The summed E-state index contributed by atoms with van der Waals surface area (Å²) in [5, 5.41) is 3.11. The molecule has 5 heteroatoms. The molecule has 0 unspecified atom stereocenters. The summed E-state index contributed by atoms with van der Waals surface area (Å²) in [6, 6.07) is 4.42. The van der Waals surface area contributed by atoms with Crippen molar-refractivity contribution >= 4 is 6.03 Å². The Kier molecular flexibility index (Phi) is 3.46. The van der Waals surface area contributed by atoms with Crippen LogP contribution in [0.2, 0.25) is 0 Å². The van der Waals surface area contributed by atoms with E-state index in [0.29, 0.717) is 0 Å². The van der Waals surface area contributed by atoms with E-state index in [1.54, 1.807) is 0 Å². The van der Waals surface area contributed by atoms with Crippen LogP contribution in [-0.4, -0.2) is 41.2 Å². The molecule has 1 aromatic heterocycles. The van der Waals surface area contributed by atoms with E-state index in [2.05, 4.69) is 16.4 Å². The lowest BCUT2D eigenvalue weighted by molar-refractivity contribution is 0.111. The summed E-state index contributed by atoms with van der Waals surface area (Å²) in [5.41, 5.74) is 1.13. The van der Waals surface area contributed by atoms with Gasteiger partial charge in [0.1, 0.15) is 0 Å². The Hall–Kier alpha value is -1.49. The number of carbonyl (C=O) groups excluding carboxylic acids is 1. The standard InChI is InChI=1S/C14H21N3O2/c1-10-11(6-9-19-10)16-14(18)17-8-3-5-13(17)12-4-2-7-15-12/h2,4,7,10-11,13,15H,3,5-6,8-9H2,1H3,(H,16,18)/t10-,11+,13+/m0/s1. The summed E-state index contributed by atoms with van der Waals surface area (Å²) in [4.78, 5) is 17.6. The first kappa shape index (κ1) is 12.5. The van der Waals surface area contributed by atoms with Gasteiger partial charge in [-0.05, 0) is 38.3 Å². The first-order valence-corrected chi connectivity index (χ1v) is 7.08. The molecular weight excluding hydrogens is 242 g/mol. The molecule has 2 fully saturated rings. The molecular formula is C14H21N3O2. The number of aromatic amines is 1. The van der Waals surface area contributed by atoms with E-state index in [1.807, 2.05) is 24.1 Å². The zero-order valence-corrected chi connectivity index (χ0v) is 11.3. The van der Waals surface area contributed by atoms with Crippen molar-refractivity contribution in [2.45, 2.75) is 44.4 Å². The lowest BCUT2D eigenvalue weighted by Gasteiger charge is -2.27. The summed E-state index contributed by atoms with van der Waals surface area (Å²) >= 11 is 0.